The van der Waals surface area contributed by atoms with Crippen molar-refractivity contribution in [3.05, 3.63) is 23.9 Å². The Bertz CT molecular complexity index is 403. The summed E-state index contributed by atoms with van der Waals surface area (Å²) in [5.74, 6) is -0.271. The molecular weight excluding hydrogens is 236 g/mol. The van der Waals surface area contributed by atoms with Crippen molar-refractivity contribution in [3.8, 4) is 0 Å². The summed E-state index contributed by atoms with van der Waals surface area (Å²) in [6.45, 7) is 4.18. The highest BCUT2D eigenvalue weighted by Crippen LogP contribution is 2.06. The Labute approximate surface area is 105 Å². The van der Waals surface area contributed by atoms with Gasteiger partial charge in [0.1, 0.15) is 12.4 Å². The number of ether oxygens (including phenoxy) is 2. The van der Waals surface area contributed by atoms with Crippen LogP contribution >= 0.6 is 0 Å². The monoisotopic (exact) mass is 252 g/mol. The lowest BCUT2D eigenvalue weighted by molar-refractivity contribution is -0.140. The molecular formula is C12H16N2O4. The first-order valence-electron chi connectivity index (χ1n) is 5.70. The topological polar surface area (TPSA) is 77.5 Å². The second-order valence-electron chi connectivity index (χ2n) is 3.31. The largest absolute Gasteiger partial charge is 0.465 e. The standard InChI is InChI=1S/C12H16N2O4/c1-3-17-11(15)8-14-10-6-5-9(7-13-10)12(16)18-4-2/h5-7H,3-4,8H2,1-2H3,(H,13,14). The molecule has 98 valence electrons. The third kappa shape index (κ3) is 4.40. The summed E-state index contributed by atoms with van der Waals surface area (Å²) in [6.07, 6.45) is 1.39. The average Bonchev–Trinajstić information content (AvgIpc) is 2.37. The SMILES string of the molecule is CCOC(=O)CNc1ccc(C(=O)OCC)cn1. The molecule has 0 amide bonds. The maximum absolute atomic E-state index is 11.4. The van der Waals surface area contributed by atoms with Gasteiger partial charge in [-0.25, -0.2) is 9.78 Å². The molecule has 0 saturated carbocycles. The first-order valence-corrected chi connectivity index (χ1v) is 5.70. The molecule has 18 heavy (non-hydrogen) atoms. The average molecular weight is 252 g/mol. The minimum Gasteiger partial charge on any atom is -0.465 e. The molecule has 0 spiro atoms. The Hall–Kier alpha value is -2.11. The first kappa shape index (κ1) is 14.0. The van der Waals surface area contributed by atoms with Crippen molar-refractivity contribution in [1.29, 1.82) is 0 Å². The van der Waals surface area contributed by atoms with Crippen LogP contribution in [-0.2, 0) is 14.3 Å². The highest BCUT2D eigenvalue weighted by atomic mass is 16.5. The quantitative estimate of drug-likeness (QED) is 0.767. The molecule has 1 rings (SSSR count). The minimum atomic E-state index is -0.415. The van der Waals surface area contributed by atoms with Crippen LogP contribution in [0.1, 0.15) is 24.2 Å². The van der Waals surface area contributed by atoms with Gasteiger partial charge in [0.2, 0.25) is 0 Å². The third-order valence-corrected chi connectivity index (χ3v) is 1.99. The van der Waals surface area contributed by atoms with Gasteiger partial charge >= 0.3 is 11.9 Å². The zero-order chi connectivity index (χ0) is 13.4. The van der Waals surface area contributed by atoms with Gasteiger partial charge in [-0.05, 0) is 26.0 Å². The van der Waals surface area contributed by atoms with Crippen LogP contribution in [-0.4, -0.2) is 36.7 Å². The van der Waals surface area contributed by atoms with E-state index in [0.717, 1.165) is 0 Å². The lowest BCUT2D eigenvalue weighted by atomic mass is 10.3. The summed E-state index contributed by atoms with van der Waals surface area (Å²) in [6, 6.07) is 3.18. The van der Waals surface area contributed by atoms with Crippen molar-refractivity contribution in [2.45, 2.75) is 13.8 Å². The van der Waals surface area contributed by atoms with Gasteiger partial charge in [0.15, 0.2) is 0 Å². The molecule has 6 nitrogen and oxygen atoms in total. The van der Waals surface area contributed by atoms with E-state index >= 15 is 0 Å². The van der Waals surface area contributed by atoms with E-state index in [1.165, 1.54) is 6.20 Å². The van der Waals surface area contributed by atoms with Crippen LogP contribution in [0.25, 0.3) is 0 Å². The fourth-order valence-electron chi connectivity index (χ4n) is 1.21. The number of hydrogen-bond acceptors (Lipinski definition) is 6. The van der Waals surface area contributed by atoms with Crippen molar-refractivity contribution in [1.82, 2.24) is 4.98 Å². The van der Waals surface area contributed by atoms with Gasteiger partial charge in [0.05, 0.1) is 18.8 Å². The zero-order valence-electron chi connectivity index (χ0n) is 10.4. The third-order valence-electron chi connectivity index (χ3n) is 1.99. The van der Waals surface area contributed by atoms with E-state index in [2.05, 4.69) is 10.3 Å². The molecule has 1 heterocycles. The van der Waals surface area contributed by atoms with Gasteiger partial charge in [-0.2, -0.15) is 0 Å². The Kier molecular flexibility index (Phi) is 5.63. The van der Waals surface area contributed by atoms with Crippen molar-refractivity contribution >= 4 is 17.8 Å². The number of nitrogens with one attached hydrogen (secondary N) is 1. The van der Waals surface area contributed by atoms with Crippen molar-refractivity contribution in [3.63, 3.8) is 0 Å². The number of aromatic nitrogens is 1. The Morgan fingerprint density at radius 2 is 1.94 bits per heavy atom. The van der Waals surface area contributed by atoms with Crippen LogP contribution in [0.3, 0.4) is 0 Å². The fraction of sp³-hybridized carbons (Fsp3) is 0.417. The van der Waals surface area contributed by atoms with E-state index in [1.54, 1.807) is 26.0 Å². The molecule has 0 unspecified atom stereocenters. The summed E-state index contributed by atoms with van der Waals surface area (Å²) in [5.41, 5.74) is 0.374. The molecule has 1 aromatic heterocycles. The van der Waals surface area contributed by atoms with Crippen molar-refractivity contribution in [2.24, 2.45) is 0 Å². The highest BCUT2D eigenvalue weighted by Gasteiger charge is 2.07. The molecule has 0 radical (unpaired) electrons. The summed E-state index contributed by atoms with van der Waals surface area (Å²) >= 11 is 0. The van der Waals surface area contributed by atoms with Crippen molar-refractivity contribution < 1.29 is 19.1 Å². The summed E-state index contributed by atoms with van der Waals surface area (Å²) < 4.78 is 9.58. The molecule has 1 N–H and O–H groups in total. The van der Waals surface area contributed by atoms with E-state index in [-0.39, 0.29) is 12.5 Å². The molecule has 0 bridgehead atoms. The molecule has 0 aliphatic rings. The van der Waals surface area contributed by atoms with E-state index in [4.69, 9.17) is 9.47 Å². The van der Waals surface area contributed by atoms with Crippen LogP contribution < -0.4 is 5.32 Å². The second kappa shape index (κ2) is 7.26. The number of nitrogens with zero attached hydrogens (tertiary/aromatic N) is 1. The van der Waals surface area contributed by atoms with Gasteiger partial charge in [0.25, 0.3) is 0 Å². The molecule has 0 aliphatic heterocycles. The predicted octanol–water partition coefficient (Wildman–Crippen LogP) is 1.23. The fourth-order valence-corrected chi connectivity index (χ4v) is 1.21. The van der Waals surface area contributed by atoms with E-state index in [1.807, 2.05) is 0 Å². The smallest absolute Gasteiger partial charge is 0.339 e. The maximum Gasteiger partial charge on any atom is 0.339 e. The Morgan fingerprint density at radius 1 is 1.22 bits per heavy atom. The number of esters is 2. The summed E-state index contributed by atoms with van der Waals surface area (Å²) in [4.78, 5) is 26.4. The lowest BCUT2D eigenvalue weighted by Crippen LogP contribution is -2.17. The highest BCUT2D eigenvalue weighted by molar-refractivity contribution is 5.89. The zero-order valence-corrected chi connectivity index (χ0v) is 10.4. The second-order valence-corrected chi connectivity index (χ2v) is 3.31. The Balaban J connectivity index is 2.50. The molecule has 0 aliphatic carbocycles. The van der Waals surface area contributed by atoms with Gasteiger partial charge in [-0.15, -0.1) is 0 Å². The van der Waals surface area contributed by atoms with E-state index in [9.17, 15) is 9.59 Å². The number of anilines is 1. The van der Waals surface area contributed by atoms with Gasteiger partial charge in [-0.1, -0.05) is 0 Å². The predicted molar refractivity (Wildman–Crippen MR) is 65.3 cm³/mol. The molecule has 0 fully saturated rings. The molecule has 6 heteroatoms. The number of hydrogen-bond donors (Lipinski definition) is 1. The Morgan fingerprint density at radius 3 is 2.50 bits per heavy atom. The molecule has 0 atom stereocenters. The van der Waals surface area contributed by atoms with Crippen LogP contribution in [0.4, 0.5) is 5.82 Å². The van der Waals surface area contributed by atoms with Gasteiger partial charge < -0.3 is 14.8 Å². The number of rotatable bonds is 6. The molecule has 1 aromatic rings. The normalized spacial score (nSPS) is 9.67. The van der Waals surface area contributed by atoms with Crippen LogP contribution in [0.2, 0.25) is 0 Å². The first-order chi connectivity index (χ1) is 8.67. The number of pyridine rings is 1. The summed E-state index contributed by atoms with van der Waals surface area (Å²) in [5, 5.41) is 2.79. The minimum absolute atomic E-state index is 0.0413. The molecule has 0 saturated heterocycles. The number of carbonyl (C=O) groups excluding carboxylic acids is 2. The van der Waals surface area contributed by atoms with E-state index in [0.29, 0.717) is 24.6 Å². The van der Waals surface area contributed by atoms with Crippen LogP contribution in [0.5, 0.6) is 0 Å². The molecule has 0 aromatic carbocycles. The van der Waals surface area contributed by atoms with Crippen LogP contribution in [0.15, 0.2) is 18.3 Å². The van der Waals surface area contributed by atoms with Gasteiger partial charge in [-0.3, -0.25) is 4.79 Å². The number of carbonyl (C=O) groups is 2. The maximum atomic E-state index is 11.4. The van der Waals surface area contributed by atoms with E-state index < -0.39 is 5.97 Å². The van der Waals surface area contributed by atoms with Crippen molar-refractivity contribution in [2.75, 3.05) is 25.1 Å². The van der Waals surface area contributed by atoms with Crippen LogP contribution in [0, 0.1) is 0 Å². The summed E-state index contributed by atoms with van der Waals surface area (Å²) in [7, 11) is 0. The van der Waals surface area contributed by atoms with Gasteiger partial charge in [0, 0.05) is 6.20 Å². The lowest BCUT2D eigenvalue weighted by Gasteiger charge is -2.06.